The average Bonchev–Trinajstić information content (AvgIpc) is 0.909. The molecular weight excluding hydrogens is 1330 g/mol. The molecule has 0 aromatic carbocycles. The fraction of sp³-hybridized carbons (Fsp3) is 0.952. The third kappa shape index (κ3) is 74.9. The van der Waals surface area contributed by atoms with E-state index in [1.165, 1.54) is 238 Å². The van der Waals surface area contributed by atoms with Gasteiger partial charge in [-0.3, -0.25) is 37.3 Å². The fourth-order valence-corrected chi connectivity index (χ4v) is 14.4. The van der Waals surface area contributed by atoms with E-state index in [1.54, 1.807) is 0 Å². The monoisotopic (exact) mass is 1490 g/mol. The van der Waals surface area contributed by atoms with E-state index in [0.29, 0.717) is 31.6 Å². The Morgan fingerprint density at radius 2 is 0.500 bits per heavy atom. The number of hydrogen-bond acceptors (Lipinski definition) is 15. The minimum absolute atomic E-state index is 0.107. The maximum absolute atomic E-state index is 13.1. The Morgan fingerprint density at radius 3 is 0.745 bits per heavy atom. The largest absolute Gasteiger partial charge is 0.472 e. The molecule has 0 aliphatic rings. The van der Waals surface area contributed by atoms with Crippen molar-refractivity contribution < 1.29 is 80.2 Å². The van der Waals surface area contributed by atoms with Crippen LogP contribution in [0.25, 0.3) is 0 Å². The van der Waals surface area contributed by atoms with Gasteiger partial charge in [-0.15, -0.1) is 0 Å². The second-order valence-corrected chi connectivity index (χ2v) is 34.0. The van der Waals surface area contributed by atoms with Gasteiger partial charge in [-0.05, 0) is 43.4 Å². The van der Waals surface area contributed by atoms with Crippen molar-refractivity contribution in [2.75, 3.05) is 39.6 Å². The van der Waals surface area contributed by atoms with Gasteiger partial charge in [-0.2, -0.15) is 0 Å². The van der Waals surface area contributed by atoms with Crippen molar-refractivity contribution >= 4 is 39.5 Å². The predicted molar refractivity (Wildman–Crippen MR) is 418 cm³/mol. The Labute approximate surface area is 626 Å². The first-order valence-electron chi connectivity index (χ1n) is 42.9. The smallest absolute Gasteiger partial charge is 0.462 e. The Bertz CT molecular complexity index is 1980. The first-order valence-corrected chi connectivity index (χ1v) is 45.9. The highest BCUT2D eigenvalue weighted by molar-refractivity contribution is 7.47. The lowest BCUT2D eigenvalue weighted by molar-refractivity contribution is -0.161. The number of phosphoric acid groups is 2. The Kier molecular flexibility index (Phi) is 71.8. The van der Waals surface area contributed by atoms with E-state index in [2.05, 4.69) is 48.5 Å². The van der Waals surface area contributed by atoms with E-state index < -0.39 is 97.5 Å². The van der Waals surface area contributed by atoms with Gasteiger partial charge in [0.1, 0.15) is 19.3 Å². The molecule has 0 saturated carbocycles. The molecular formula is C83H162O17P2. The molecule has 0 aliphatic carbocycles. The van der Waals surface area contributed by atoms with Crippen molar-refractivity contribution in [1.29, 1.82) is 0 Å². The maximum Gasteiger partial charge on any atom is 0.472 e. The molecule has 0 saturated heterocycles. The second kappa shape index (κ2) is 73.2. The molecule has 0 amide bonds. The number of aliphatic hydroxyl groups is 1. The summed E-state index contributed by atoms with van der Waals surface area (Å²) in [6.45, 7) is 12.0. The molecule has 0 aromatic heterocycles. The molecule has 102 heavy (non-hydrogen) atoms. The third-order valence-electron chi connectivity index (χ3n) is 19.7. The lowest BCUT2D eigenvalue weighted by Gasteiger charge is -2.21. The van der Waals surface area contributed by atoms with Crippen LogP contribution in [0.5, 0.6) is 0 Å². The normalized spacial score (nSPS) is 14.2. The Morgan fingerprint density at radius 1 is 0.284 bits per heavy atom. The van der Waals surface area contributed by atoms with Gasteiger partial charge in [0.05, 0.1) is 26.4 Å². The highest BCUT2D eigenvalue weighted by atomic mass is 31.2. The summed E-state index contributed by atoms with van der Waals surface area (Å²) in [6.07, 6.45) is 62.6. The maximum atomic E-state index is 13.1. The van der Waals surface area contributed by atoms with E-state index >= 15 is 0 Å². The molecule has 3 unspecified atom stereocenters. The van der Waals surface area contributed by atoms with Crippen LogP contribution in [-0.4, -0.2) is 96.7 Å². The minimum Gasteiger partial charge on any atom is -0.462 e. The summed E-state index contributed by atoms with van der Waals surface area (Å²) in [6, 6.07) is 0. The highest BCUT2D eigenvalue weighted by Crippen LogP contribution is 2.45. The van der Waals surface area contributed by atoms with Gasteiger partial charge < -0.3 is 33.8 Å². The average molecular weight is 1490 g/mol. The van der Waals surface area contributed by atoms with Crippen LogP contribution >= 0.6 is 15.6 Å². The molecule has 0 heterocycles. The van der Waals surface area contributed by atoms with Crippen LogP contribution < -0.4 is 0 Å². The molecule has 0 spiro atoms. The zero-order chi connectivity index (χ0) is 75.1. The van der Waals surface area contributed by atoms with Gasteiger partial charge in [0.2, 0.25) is 0 Å². The van der Waals surface area contributed by atoms with Gasteiger partial charge in [0.25, 0.3) is 0 Å². The first-order chi connectivity index (χ1) is 49.3. The van der Waals surface area contributed by atoms with Gasteiger partial charge in [-0.1, -0.05) is 382 Å². The lowest BCUT2D eigenvalue weighted by Crippen LogP contribution is -2.30. The summed E-state index contributed by atoms with van der Waals surface area (Å²) >= 11 is 0. The molecule has 0 fully saturated rings. The van der Waals surface area contributed by atoms with Gasteiger partial charge in [0.15, 0.2) is 12.2 Å². The van der Waals surface area contributed by atoms with Crippen LogP contribution in [0.2, 0.25) is 0 Å². The summed E-state index contributed by atoms with van der Waals surface area (Å²) in [5.74, 6) is 0.232. The predicted octanol–water partition coefficient (Wildman–Crippen LogP) is 24.9. The van der Waals surface area contributed by atoms with Gasteiger partial charge in [0, 0.05) is 25.7 Å². The third-order valence-corrected chi connectivity index (χ3v) is 21.6. The molecule has 606 valence electrons. The van der Waals surface area contributed by atoms with Crippen molar-refractivity contribution in [2.24, 2.45) is 17.8 Å². The fourth-order valence-electron chi connectivity index (χ4n) is 12.8. The van der Waals surface area contributed by atoms with Crippen LogP contribution in [0, 0.1) is 17.8 Å². The molecule has 0 radical (unpaired) electrons. The summed E-state index contributed by atoms with van der Waals surface area (Å²) < 4.78 is 68.7. The van der Waals surface area contributed by atoms with Crippen LogP contribution in [0.4, 0.5) is 0 Å². The summed E-state index contributed by atoms with van der Waals surface area (Å²) in [5, 5.41) is 10.6. The van der Waals surface area contributed by atoms with Crippen LogP contribution in [0.15, 0.2) is 0 Å². The van der Waals surface area contributed by atoms with E-state index in [4.69, 9.17) is 37.0 Å². The zero-order valence-electron chi connectivity index (χ0n) is 67.1. The molecule has 6 atom stereocenters. The van der Waals surface area contributed by atoms with Gasteiger partial charge >= 0.3 is 39.5 Å². The van der Waals surface area contributed by atoms with Crippen LogP contribution in [0.3, 0.4) is 0 Å². The highest BCUT2D eigenvalue weighted by Gasteiger charge is 2.30. The zero-order valence-corrected chi connectivity index (χ0v) is 68.9. The molecule has 19 heteroatoms. The number of carbonyl (C=O) groups is 4. The summed E-state index contributed by atoms with van der Waals surface area (Å²) in [4.78, 5) is 73.0. The van der Waals surface area contributed by atoms with Crippen molar-refractivity contribution in [3.63, 3.8) is 0 Å². The molecule has 0 aliphatic heterocycles. The van der Waals surface area contributed by atoms with Gasteiger partial charge in [-0.25, -0.2) is 9.13 Å². The number of hydrogen-bond donors (Lipinski definition) is 3. The minimum atomic E-state index is -4.96. The molecule has 0 bridgehead atoms. The van der Waals surface area contributed by atoms with Crippen molar-refractivity contribution in [3.8, 4) is 0 Å². The van der Waals surface area contributed by atoms with Crippen LogP contribution in [-0.2, 0) is 65.4 Å². The molecule has 17 nitrogen and oxygen atoms in total. The summed E-state index contributed by atoms with van der Waals surface area (Å²) in [7, 11) is -9.92. The number of ether oxygens (including phenoxy) is 4. The van der Waals surface area contributed by atoms with E-state index in [1.807, 2.05) is 0 Å². The lowest BCUT2D eigenvalue weighted by atomic mass is 9.99. The quantitative estimate of drug-likeness (QED) is 0.0222. The van der Waals surface area contributed by atoms with Crippen LogP contribution in [0.1, 0.15) is 434 Å². The van der Waals surface area contributed by atoms with E-state index in [0.717, 1.165) is 108 Å². The number of rotatable bonds is 81. The molecule has 0 aromatic rings. The topological polar surface area (TPSA) is 237 Å². The SMILES string of the molecule is CCCCCCCCCCCCCCCCCC(=O)O[C@H](COC(=O)CCCCCCCCC(C)C)COP(=O)(O)OC[C@H](O)COP(=O)(O)OC[C@@H](COC(=O)CCCCCCCCCCCCCCCC(C)C)OC(=O)CCCCCCCCCCCCCCCCCCCCC(C)CC. The van der Waals surface area contributed by atoms with Crippen molar-refractivity contribution in [3.05, 3.63) is 0 Å². The number of unbranched alkanes of at least 4 members (excludes halogenated alkanes) is 48. The molecule has 0 rings (SSSR count). The standard InChI is InChI=1S/C83H162O17P2/c1-8-10-11-12-13-14-15-16-21-27-33-38-43-52-59-67-83(88)100-79(71-94-81(86)65-58-51-46-45-48-55-62-75(5)6)73-98-102(91,92)96-69-77(84)68-95-101(89,90)97-72-78(70-93-80(85)64-57-50-42-37-32-29-24-25-30-35-40-47-54-61-74(3)4)99-82(87)66-60-53-44-39-34-28-23-20-18-17-19-22-26-31-36-41-49-56-63-76(7)9-2/h74-79,84H,8-73H2,1-7H3,(H,89,90)(H,91,92)/t76?,77-,78-,79-/m1/s1. The number of carbonyl (C=O) groups excluding carboxylic acids is 4. The van der Waals surface area contributed by atoms with Crippen molar-refractivity contribution in [1.82, 2.24) is 0 Å². The van der Waals surface area contributed by atoms with E-state index in [9.17, 15) is 43.2 Å². The Hall–Kier alpha value is -1.94. The number of aliphatic hydroxyl groups excluding tert-OH is 1. The number of esters is 4. The number of phosphoric ester groups is 2. The van der Waals surface area contributed by atoms with Crippen molar-refractivity contribution in [2.45, 2.75) is 452 Å². The Balaban J connectivity index is 5.21. The first kappa shape index (κ1) is 100. The van der Waals surface area contributed by atoms with E-state index in [-0.39, 0.29) is 25.7 Å². The summed E-state index contributed by atoms with van der Waals surface area (Å²) in [5.41, 5.74) is 0. The molecule has 3 N–H and O–H groups in total. The second-order valence-electron chi connectivity index (χ2n) is 31.1.